The minimum Gasteiger partial charge on any atom is -0.364 e. The number of amides is 1. The zero-order valence-electron chi connectivity index (χ0n) is 10.7. The van der Waals surface area contributed by atoms with Crippen molar-refractivity contribution in [1.29, 1.82) is 0 Å². The predicted octanol–water partition coefficient (Wildman–Crippen LogP) is 2.42. The first-order valence-electron chi connectivity index (χ1n) is 6.71. The first kappa shape index (κ1) is 13.1. The van der Waals surface area contributed by atoms with Gasteiger partial charge in [-0.15, -0.1) is 0 Å². The minimum absolute atomic E-state index is 0.331. The predicted molar refractivity (Wildman–Crippen MR) is 76.7 cm³/mol. The van der Waals surface area contributed by atoms with Crippen LogP contribution >= 0.6 is 15.9 Å². The summed E-state index contributed by atoms with van der Waals surface area (Å²) in [5.74, 6) is -0.331. The van der Waals surface area contributed by atoms with E-state index < -0.39 is 5.72 Å². The van der Waals surface area contributed by atoms with Crippen molar-refractivity contribution in [2.24, 2.45) is 0 Å². The molecule has 2 aliphatic heterocycles. The van der Waals surface area contributed by atoms with Gasteiger partial charge >= 0.3 is 0 Å². The normalized spacial score (nSPS) is 27.8. The molecule has 0 aromatic heterocycles. The largest absolute Gasteiger partial charge is 0.364 e. The molecule has 1 saturated heterocycles. The number of likely N-dealkylation sites (tertiary alicyclic amines) is 1. The Kier molecular flexibility index (Phi) is 3.37. The second-order valence-electron chi connectivity index (χ2n) is 5.22. The molecule has 2 aliphatic rings. The lowest BCUT2D eigenvalue weighted by molar-refractivity contribution is -0.158. The average molecular weight is 325 g/mol. The minimum atomic E-state index is -1.51. The highest BCUT2D eigenvalue weighted by Crippen LogP contribution is 2.40. The third-order valence-corrected chi connectivity index (χ3v) is 4.48. The molecule has 1 amide bonds. The van der Waals surface area contributed by atoms with Crippen LogP contribution in [0.1, 0.15) is 31.2 Å². The van der Waals surface area contributed by atoms with Gasteiger partial charge < -0.3 is 10.4 Å². The fourth-order valence-electron chi connectivity index (χ4n) is 2.95. The Labute approximate surface area is 120 Å². The van der Waals surface area contributed by atoms with Gasteiger partial charge in [0.1, 0.15) is 0 Å². The molecule has 0 radical (unpaired) electrons. The number of carbonyl (C=O) groups is 1. The van der Waals surface area contributed by atoms with Crippen molar-refractivity contribution in [3.8, 4) is 0 Å². The first-order valence-corrected chi connectivity index (χ1v) is 7.50. The van der Waals surface area contributed by atoms with E-state index >= 15 is 0 Å². The summed E-state index contributed by atoms with van der Waals surface area (Å²) in [4.78, 5) is 14.2. The summed E-state index contributed by atoms with van der Waals surface area (Å²) in [5, 5.41) is 13.8. The van der Waals surface area contributed by atoms with Crippen LogP contribution in [0.15, 0.2) is 22.7 Å². The van der Waals surface area contributed by atoms with Crippen molar-refractivity contribution in [3.63, 3.8) is 0 Å². The van der Waals surface area contributed by atoms with Crippen LogP contribution < -0.4 is 5.32 Å². The monoisotopic (exact) mass is 324 g/mol. The maximum Gasteiger partial charge on any atom is 0.276 e. The molecule has 0 saturated carbocycles. The van der Waals surface area contributed by atoms with Crippen LogP contribution in [0, 0.1) is 0 Å². The molecule has 1 aromatic rings. The number of benzene rings is 1. The highest BCUT2D eigenvalue weighted by Gasteiger charge is 2.49. The van der Waals surface area contributed by atoms with Gasteiger partial charge in [-0.3, -0.25) is 9.69 Å². The average Bonchev–Trinajstić information content (AvgIpc) is 2.63. The number of carbonyl (C=O) groups excluding carboxylic acids is 1. The number of hydrogen-bond donors (Lipinski definition) is 2. The lowest BCUT2D eigenvalue weighted by atomic mass is 10.0. The van der Waals surface area contributed by atoms with Crippen molar-refractivity contribution < 1.29 is 9.90 Å². The molecule has 2 N–H and O–H groups in total. The fraction of sp³-hybridized carbons (Fsp3) is 0.500. The van der Waals surface area contributed by atoms with E-state index in [1.165, 1.54) is 12.8 Å². The molecule has 0 unspecified atom stereocenters. The molecule has 1 aromatic carbocycles. The molecule has 3 rings (SSSR count). The second-order valence-corrected chi connectivity index (χ2v) is 6.13. The molecule has 5 heteroatoms. The fourth-order valence-corrected chi connectivity index (χ4v) is 3.31. The quantitative estimate of drug-likeness (QED) is 0.834. The SMILES string of the molecule is O=C1Nc2ccc(Br)cc2[C@@]1(O)N1CCCCCC1. The van der Waals surface area contributed by atoms with Gasteiger partial charge in [-0.2, -0.15) is 0 Å². The van der Waals surface area contributed by atoms with E-state index in [1.807, 2.05) is 23.1 Å². The topological polar surface area (TPSA) is 52.6 Å². The van der Waals surface area contributed by atoms with Gasteiger partial charge in [0.25, 0.3) is 5.91 Å². The van der Waals surface area contributed by atoms with Crippen molar-refractivity contribution in [3.05, 3.63) is 28.2 Å². The maximum atomic E-state index is 12.3. The molecule has 0 spiro atoms. The lowest BCUT2D eigenvalue weighted by Crippen LogP contribution is -2.51. The summed E-state index contributed by atoms with van der Waals surface area (Å²) in [6.07, 6.45) is 4.39. The van der Waals surface area contributed by atoms with Crippen LogP contribution in [0.25, 0.3) is 0 Å². The van der Waals surface area contributed by atoms with Crippen LogP contribution in [0.3, 0.4) is 0 Å². The van der Waals surface area contributed by atoms with Crippen molar-refractivity contribution in [1.82, 2.24) is 4.90 Å². The summed E-state index contributed by atoms with van der Waals surface area (Å²) < 4.78 is 0.871. The molecule has 1 fully saturated rings. The molecule has 2 heterocycles. The van der Waals surface area contributed by atoms with Gasteiger partial charge in [-0.1, -0.05) is 28.8 Å². The lowest BCUT2D eigenvalue weighted by Gasteiger charge is -2.34. The third kappa shape index (κ3) is 2.10. The molecule has 102 valence electrons. The van der Waals surface area contributed by atoms with Crippen molar-refractivity contribution in [2.75, 3.05) is 18.4 Å². The molecule has 19 heavy (non-hydrogen) atoms. The van der Waals surface area contributed by atoms with E-state index in [9.17, 15) is 9.90 Å². The molecule has 1 atom stereocenters. The zero-order valence-corrected chi connectivity index (χ0v) is 12.2. The third-order valence-electron chi connectivity index (χ3n) is 3.99. The van der Waals surface area contributed by atoms with Gasteiger partial charge in [0.2, 0.25) is 5.72 Å². The number of aliphatic hydroxyl groups is 1. The van der Waals surface area contributed by atoms with Gasteiger partial charge in [0.15, 0.2) is 0 Å². The van der Waals surface area contributed by atoms with Gasteiger partial charge in [0, 0.05) is 28.8 Å². The molecule has 0 aliphatic carbocycles. The van der Waals surface area contributed by atoms with E-state index in [0.717, 1.165) is 30.4 Å². The molecule has 0 bridgehead atoms. The van der Waals surface area contributed by atoms with E-state index in [2.05, 4.69) is 21.2 Å². The number of rotatable bonds is 1. The Hall–Kier alpha value is -0.910. The summed E-state index contributed by atoms with van der Waals surface area (Å²) in [6, 6.07) is 5.53. The Morgan fingerprint density at radius 3 is 2.58 bits per heavy atom. The van der Waals surface area contributed by atoms with Crippen LogP contribution in [-0.2, 0) is 10.5 Å². The van der Waals surface area contributed by atoms with Gasteiger partial charge in [-0.25, -0.2) is 0 Å². The number of nitrogens with zero attached hydrogens (tertiary/aromatic N) is 1. The van der Waals surface area contributed by atoms with Gasteiger partial charge in [-0.05, 0) is 31.0 Å². The standard InChI is InChI=1S/C14H17BrN2O2/c15-10-5-6-12-11(9-10)14(19,13(18)16-12)17-7-3-1-2-4-8-17/h5-6,9,19H,1-4,7-8H2,(H,16,18)/t14-/m0/s1. The van der Waals surface area contributed by atoms with Crippen LogP contribution in [-0.4, -0.2) is 29.0 Å². The van der Waals surface area contributed by atoms with Crippen molar-refractivity contribution in [2.45, 2.75) is 31.4 Å². The first-order chi connectivity index (χ1) is 9.12. The maximum absolute atomic E-state index is 12.3. The summed E-state index contributed by atoms with van der Waals surface area (Å²) in [7, 11) is 0. The van der Waals surface area contributed by atoms with E-state index in [0.29, 0.717) is 11.3 Å². The summed E-state index contributed by atoms with van der Waals surface area (Å²) in [6.45, 7) is 1.52. The summed E-state index contributed by atoms with van der Waals surface area (Å²) >= 11 is 3.41. The van der Waals surface area contributed by atoms with Crippen LogP contribution in [0.5, 0.6) is 0 Å². The smallest absolute Gasteiger partial charge is 0.276 e. The van der Waals surface area contributed by atoms with E-state index in [-0.39, 0.29) is 5.91 Å². The molecule has 4 nitrogen and oxygen atoms in total. The Bertz CT molecular complexity index is 512. The van der Waals surface area contributed by atoms with Crippen molar-refractivity contribution >= 4 is 27.5 Å². The van der Waals surface area contributed by atoms with Gasteiger partial charge in [0.05, 0.1) is 0 Å². The van der Waals surface area contributed by atoms with E-state index in [1.54, 1.807) is 0 Å². The molecular weight excluding hydrogens is 308 g/mol. The summed E-state index contributed by atoms with van der Waals surface area (Å²) in [5.41, 5.74) is -0.141. The van der Waals surface area contributed by atoms with Crippen LogP contribution in [0.2, 0.25) is 0 Å². The highest BCUT2D eigenvalue weighted by molar-refractivity contribution is 9.10. The highest BCUT2D eigenvalue weighted by atomic mass is 79.9. The second kappa shape index (κ2) is 4.89. The number of nitrogens with one attached hydrogen (secondary N) is 1. The van der Waals surface area contributed by atoms with E-state index in [4.69, 9.17) is 0 Å². The Balaban J connectivity index is 2.02. The number of halogens is 1. The zero-order chi connectivity index (χ0) is 13.5. The number of hydrogen-bond acceptors (Lipinski definition) is 3. The number of fused-ring (bicyclic) bond motifs is 1. The molecular formula is C14H17BrN2O2. The Morgan fingerprint density at radius 2 is 1.89 bits per heavy atom. The van der Waals surface area contributed by atoms with Crippen LogP contribution in [0.4, 0.5) is 5.69 Å². The number of anilines is 1. The Morgan fingerprint density at radius 1 is 1.21 bits per heavy atom.